The maximum atomic E-state index is 12.9. The third kappa shape index (κ3) is 9.77. The average molecular weight is 518 g/mol. The molecule has 0 radical (unpaired) electrons. The number of alkyl carbamates (subject to hydrolysis) is 1. The van der Waals surface area contributed by atoms with Crippen molar-refractivity contribution in [1.82, 2.24) is 16.0 Å². The number of rotatable bonds is 12. The Bertz CT molecular complexity index is 1190. The summed E-state index contributed by atoms with van der Waals surface area (Å²) < 4.78 is 10.3. The Labute approximate surface area is 221 Å². The SMILES string of the molecule is C[C@H](NC(=O)OCc1ccccc1)C(=O)N[C@@H](Cc1ccccc1)C(=O)NCC(=O)OCc1ccccc1. The molecule has 0 fully saturated rings. The van der Waals surface area contributed by atoms with Crippen molar-refractivity contribution in [2.24, 2.45) is 0 Å². The van der Waals surface area contributed by atoms with Gasteiger partial charge in [-0.25, -0.2) is 4.79 Å². The van der Waals surface area contributed by atoms with Crippen LogP contribution in [0.15, 0.2) is 91.0 Å². The summed E-state index contributed by atoms with van der Waals surface area (Å²) >= 11 is 0. The molecule has 9 heteroatoms. The van der Waals surface area contributed by atoms with Gasteiger partial charge < -0.3 is 25.4 Å². The lowest BCUT2D eigenvalue weighted by Gasteiger charge is -2.21. The Kier molecular flexibility index (Phi) is 10.9. The van der Waals surface area contributed by atoms with E-state index in [1.165, 1.54) is 6.92 Å². The fourth-order valence-electron chi connectivity index (χ4n) is 3.43. The molecular formula is C29H31N3O6. The van der Waals surface area contributed by atoms with Crippen LogP contribution < -0.4 is 16.0 Å². The second kappa shape index (κ2) is 14.8. The molecule has 3 N–H and O–H groups in total. The van der Waals surface area contributed by atoms with Gasteiger partial charge in [-0.2, -0.15) is 0 Å². The number of carbonyl (C=O) groups excluding carboxylic acids is 4. The minimum absolute atomic E-state index is 0.0560. The summed E-state index contributed by atoms with van der Waals surface area (Å²) in [5, 5.41) is 7.64. The zero-order valence-electron chi connectivity index (χ0n) is 21.1. The fraction of sp³-hybridized carbons (Fsp3) is 0.241. The zero-order valence-corrected chi connectivity index (χ0v) is 21.1. The van der Waals surface area contributed by atoms with E-state index in [1.807, 2.05) is 91.0 Å². The molecule has 0 aliphatic rings. The number of ether oxygens (including phenoxy) is 2. The Hall–Kier alpha value is -4.66. The van der Waals surface area contributed by atoms with Crippen LogP contribution in [-0.2, 0) is 43.5 Å². The first-order chi connectivity index (χ1) is 18.4. The van der Waals surface area contributed by atoms with Crippen molar-refractivity contribution in [1.29, 1.82) is 0 Å². The summed E-state index contributed by atoms with van der Waals surface area (Å²) in [6.07, 6.45) is -0.579. The third-order valence-electron chi connectivity index (χ3n) is 5.51. The second-order valence-electron chi connectivity index (χ2n) is 8.54. The Morgan fingerprint density at radius 3 is 1.71 bits per heavy atom. The van der Waals surface area contributed by atoms with Gasteiger partial charge >= 0.3 is 12.1 Å². The van der Waals surface area contributed by atoms with Gasteiger partial charge in [-0.3, -0.25) is 14.4 Å². The molecule has 0 unspecified atom stereocenters. The summed E-state index contributed by atoms with van der Waals surface area (Å²) in [7, 11) is 0. The van der Waals surface area contributed by atoms with Gasteiger partial charge in [-0.1, -0.05) is 91.0 Å². The molecule has 0 heterocycles. The smallest absolute Gasteiger partial charge is 0.408 e. The van der Waals surface area contributed by atoms with Crippen LogP contribution in [0.5, 0.6) is 0 Å². The van der Waals surface area contributed by atoms with Gasteiger partial charge in [0.2, 0.25) is 11.8 Å². The minimum Gasteiger partial charge on any atom is -0.460 e. The molecule has 3 aromatic carbocycles. The van der Waals surface area contributed by atoms with Crippen molar-refractivity contribution in [2.45, 2.75) is 38.6 Å². The summed E-state index contributed by atoms with van der Waals surface area (Å²) in [6, 6.07) is 25.5. The molecule has 0 aliphatic heterocycles. The van der Waals surface area contributed by atoms with E-state index in [-0.39, 0.29) is 26.2 Å². The van der Waals surface area contributed by atoms with Crippen LogP contribution in [0.2, 0.25) is 0 Å². The highest BCUT2D eigenvalue weighted by molar-refractivity contribution is 5.92. The highest BCUT2D eigenvalue weighted by Crippen LogP contribution is 2.05. The van der Waals surface area contributed by atoms with E-state index < -0.39 is 36.0 Å². The van der Waals surface area contributed by atoms with Crippen LogP contribution in [0.4, 0.5) is 4.79 Å². The van der Waals surface area contributed by atoms with Crippen LogP contribution in [0.1, 0.15) is 23.6 Å². The molecule has 3 amide bonds. The Balaban J connectivity index is 1.52. The van der Waals surface area contributed by atoms with Gasteiger partial charge in [0.15, 0.2) is 0 Å². The van der Waals surface area contributed by atoms with Gasteiger partial charge in [0.1, 0.15) is 31.8 Å². The molecule has 38 heavy (non-hydrogen) atoms. The van der Waals surface area contributed by atoms with Crippen LogP contribution in [0.25, 0.3) is 0 Å². The Morgan fingerprint density at radius 2 is 1.16 bits per heavy atom. The molecule has 198 valence electrons. The van der Waals surface area contributed by atoms with Crippen molar-refractivity contribution in [2.75, 3.05) is 6.54 Å². The van der Waals surface area contributed by atoms with E-state index in [1.54, 1.807) is 0 Å². The van der Waals surface area contributed by atoms with E-state index in [0.29, 0.717) is 0 Å². The predicted octanol–water partition coefficient (Wildman–Crippen LogP) is 2.89. The number of hydrogen-bond donors (Lipinski definition) is 3. The molecule has 3 aromatic rings. The fourth-order valence-corrected chi connectivity index (χ4v) is 3.43. The first kappa shape index (κ1) is 27.9. The molecule has 2 atom stereocenters. The number of carbonyl (C=O) groups is 4. The van der Waals surface area contributed by atoms with Gasteiger partial charge in [-0.05, 0) is 23.6 Å². The van der Waals surface area contributed by atoms with E-state index in [2.05, 4.69) is 16.0 Å². The topological polar surface area (TPSA) is 123 Å². The Morgan fingerprint density at radius 1 is 0.658 bits per heavy atom. The van der Waals surface area contributed by atoms with E-state index in [4.69, 9.17) is 9.47 Å². The summed E-state index contributed by atoms with van der Waals surface area (Å²) in [5.41, 5.74) is 2.44. The van der Waals surface area contributed by atoms with E-state index in [9.17, 15) is 19.2 Å². The molecule has 0 spiro atoms. The quantitative estimate of drug-likeness (QED) is 0.318. The average Bonchev–Trinajstić information content (AvgIpc) is 2.95. The lowest BCUT2D eigenvalue weighted by molar-refractivity contribution is -0.145. The molecule has 0 aromatic heterocycles. The van der Waals surface area contributed by atoms with Gasteiger partial charge in [0.05, 0.1) is 0 Å². The van der Waals surface area contributed by atoms with Crippen molar-refractivity contribution in [3.63, 3.8) is 0 Å². The highest BCUT2D eigenvalue weighted by Gasteiger charge is 2.25. The number of nitrogens with one attached hydrogen (secondary N) is 3. The van der Waals surface area contributed by atoms with E-state index >= 15 is 0 Å². The molecular weight excluding hydrogens is 486 g/mol. The van der Waals surface area contributed by atoms with Crippen molar-refractivity contribution < 1.29 is 28.7 Å². The van der Waals surface area contributed by atoms with Crippen molar-refractivity contribution >= 4 is 23.9 Å². The summed E-state index contributed by atoms with van der Waals surface area (Å²) in [6.45, 7) is 1.27. The van der Waals surface area contributed by atoms with E-state index in [0.717, 1.165) is 16.7 Å². The number of hydrogen-bond acceptors (Lipinski definition) is 6. The third-order valence-corrected chi connectivity index (χ3v) is 5.51. The maximum absolute atomic E-state index is 12.9. The lowest BCUT2D eigenvalue weighted by atomic mass is 10.0. The van der Waals surface area contributed by atoms with Crippen LogP contribution >= 0.6 is 0 Å². The molecule has 0 saturated heterocycles. The first-order valence-electron chi connectivity index (χ1n) is 12.2. The second-order valence-corrected chi connectivity index (χ2v) is 8.54. The summed E-state index contributed by atoms with van der Waals surface area (Å²) in [4.78, 5) is 50.0. The number of esters is 1. The standard InChI is InChI=1S/C29H31N3O6/c1-21(31-29(36)38-20-24-15-9-4-10-16-24)27(34)32-25(17-22-11-5-2-6-12-22)28(35)30-18-26(33)37-19-23-13-7-3-8-14-23/h2-16,21,25H,17-20H2,1H3,(H,30,35)(H,31,36)(H,32,34)/t21-,25-/m0/s1. The van der Waals surface area contributed by atoms with Crippen LogP contribution in [-0.4, -0.2) is 42.5 Å². The maximum Gasteiger partial charge on any atom is 0.408 e. The molecule has 9 nitrogen and oxygen atoms in total. The predicted molar refractivity (Wildman–Crippen MR) is 141 cm³/mol. The van der Waals surface area contributed by atoms with Gasteiger partial charge in [0.25, 0.3) is 0 Å². The largest absolute Gasteiger partial charge is 0.460 e. The zero-order chi connectivity index (χ0) is 27.2. The highest BCUT2D eigenvalue weighted by atomic mass is 16.5. The first-order valence-corrected chi connectivity index (χ1v) is 12.2. The van der Waals surface area contributed by atoms with Gasteiger partial charge in [0, 0.05) is 6.42 Å². The molecule has 0 aliphatic carbocycles. The van der Waals surface area contributed by atoms with Gasteiger partial charge in [-0.15, -0.1) is 0 Å². The number of benzene rings is 3. The lowest BCUT2D eigenvalue weighted by Crippen LogP contribution is -2.54. The van der Waals surface area contributed by atoms with Crippen LogP contribution in [0, 0.1) is 0 Å². The minimum atomic E-state index is -0.989. The van der Waals surface area contributed by atoms with Crippen LogP contribution in [0.3, 0.4) is 0 Å². The molecule has 0 saturated carbocycles. The number of amides is 3. The monoisotopic (exact) mass is 517 g/mol. The molecule has 0 bridgehead atoms. The normalized spacial score (nSPS) is 11.9. The van der Waals surface area contributed by atoms with Crippen molar-refractivity contribution in [3.8, 4) is 0 Å². The summed E-state index contributed by atoms with van der Waals surface area (Å²) in [5.74, 6) is -1.75. The van der Waals surface area contributed by atoms with Crippen molar-refractivity contribution in [3.05, 3.63) is 108 Å². The molecule has 3 rings (SSSR count).